The first-order chi connectivity index (χ1) is 9.70. The summed E-state index contributed by atoms with van der Waals surface area (Å²) in [4.78, 5) is 12.5. The predicted molar refractivity (Wildman–Crippen MR) is 78.5 cm³/mol. The van der Waals surface area contributed by atoms with Gasteiger partial charge in [-0.25, -0.2) is 0 Å². The van der Waals surface area contributed by atoms with Crippen LogP contribution >= 0.6 is 15.9 Å². The fourth-order valence-corrected chi connectivity index (χ4v) is 2.43. The number of rotatable bonds is 2. The Hall–Kier alpha value is -1.62. The second kappa shape index (κ2) is 5.64. The number of halogens is 4. The van der Waals surface area contributed by atoms with Crippen molar-refractivity contribution in [1.29, 1.82) is 0 Å². The molecule has 110 valence electrons. The van der Waals surface area contributed by atoms with Gasteiger partial charge in [-0.15, -0.1) is 0 Å². The lowest BCUT2D eigenvalue weighted by Gasteiger charge is -2.11. The van der Waals surface area contributed by atoms with Crippen molar-refractivity contribution in [3.63, 3.8) is 0 Å². The molecule has 0 saturated carbocycles. The highest BCUT2D eigenvalue weighted by Gasteiger charge is 2.31. The Labute approximate surface area is 128 Å². The minimum Gasteiger partial charge on any atom is -0.289 e. The third-order valence-corrected chi connectivity index (χ3v) is 3.87. The Balaban J connectivity index is 2.55. The van der Waals surface area contributed by atoms with Crippen molar-refractivity contribution in [2.75, 3.05) is 0 Å². The first kappa shape index (κ1) is 15.8. The molecule has 0 atom stereocenters. The topological polar surface area (TPSA) is 17.1 Å². The van der Waals surface area contributed by atoms with Crippen molar-refractivity contribution in [2.24, 2.45) is 0 Å². The first-order valence-electron chi connectivity index (χ1n) is 6.19. The van der Waals surface area contributed by atoms with Gasteiger partial charge in [0.25, 0.3) is 0 Å². The molecule has 5 heteroatoms. The lowest BCUT2D eigenvalue weighted by Crippen LogP contribution is -2.10. The summed E-state index contributed by atoms with van der Waals surface area (Å²) < 4.78 is 38.7. The monoisotopic (exact) mass is 356 g/mol. The second-order valence-corrected chi connectivity index (χ2v) is 5.69. The van der Waals surface area contributed by atoms with Gasteiger partial charge in [0, 0.05) is 15.6 Å². The molecule has 0 aromatic heterocycles. The van der Waals surface area contributed by atoms with Crippen molar-refractivity contribution in [2.45, 2.75) is 20.0 Å². The SMILES string of the molecule is Cc1ccc(C)c(C(=O)c2cc(C(F)(F)F)ccc2Br)c1. The van der Waals surface area contributed by atoms with E-state index in [0.29, 0.717) is 10.0 Å². The summed E-state index contributed by atoms with van der Waals surface area (Å²) in [6.45, 7) is 3.59. The molecule has 0 aliphatic carbocycles. The zero-order valence-corrected chi connectivity index (χ0v) is 13.0. The Morgan fingerprint density at radius 1 is 1.00 bits per heavy atom. The number of aryl methyl sites for hydroxylation is 2. The molecule has 21 heavy (non-hydrogen) atoms. The summed E-state index contributed by atoms with van der Waals surface area (Å²) in [5.41, 5.74) is 1.20. The van der Waals surface area contributed by atoms with Gasteiger partial charge >= 0.3 is 6.18 Å². The molecule has 1 nitrogen and oxygen atoms in total. The van der Waals surface area contributed by atoms with Crippen LogP contribution < -0.4 is 0 Å². The van der Waals surface area contributed by atoms with E-state index in [1.165, 1.54) is 6.07 Å². The van der Waals surface area contributed by atoms with E-state index in [4.69, 9.17) is 0 Å². The maximum atomic E-state index is 12.8. The summed E-state index contributed by atoms with van der Waals surface area (Å²) in [7, 11) is 0. The van der Waals surface area contributed by atoms with E-state index in [-0.39, 0.29) is 5.56 Å². The van der Waals surface area contributed by atoms with E-state index >= 15 is 0 Å². The largest absolute Gasteiger partial charge is 0.416 e. The highest BCUT2D eigenvalue weighted by molar-refractivity contribution is 9.10. The van der Waals surface area contributed by atoms with Crippen LogP contribution in [0.5, 0.6) is 0 Å². The van der Waals surface area contributed by atoms with Gasteiger partial charge < -0.3 is 0 Å². The van der Waals surface area contributed by atoms with Crippen LogP contribution in [0.4, 0.5) is 13.2 Å². The smallest absolute Gasteiger partial charge is 0.289 e. The molecular formula is C16H12BrF3O. The Kier molecular flexibility index (Phi) is 4.23. The summed E-state index contributed by atoms with van der Waals surface area (Å²) in [5.74, 6) is -0.422. The van der Waals surface area contributed by atoms with Crippen molar-refractivity contribution >= 4 is 21.7 Å². The van der Waals surface area contributed by atoms with Gasteiger partial charge in [0.2, 0.25) is 0 Å². The van der Waals surface area contributed by atoms with Gasteiger partial charge in [-0.05, 0) is 43.7 Å². The van der Waals surface area contributed by atoms with Crippen LogP contribution in [0, 0.1) is 13.8 Å². The first-order valence-corrected chi connectivity index (χ1v) is 6.98. The molecule has 0 unspecified atom stereocenters. The molecular weight excluding hydrogens is 345 g/mol. The highest BCUT2D eigenvalue weighted by Crippen LogP contribution is 2.33. The number of hydrogen-bond acceptors (Lipinski definition) is 1. The molecule has 0 heterocycles. The fourth-order valence-electron chi connectivity index (χ4n) is 2.00. The van der Waals surface area contributed by atoms with E-state index < -0.39 is 17.5 Å². The average Bonchev–Trinajstić information content (AvgIpc) is 2.40. The van der Waals surface area contributed by atoms with Crippen LogP contribution in [-0.4, -0.2) is 5.78 Å². The van der Waals surface area contributed by atoms with E-state index in [0.717, 1.165) is 23.3 Å². The van der Waals surface area contributed by atoms with E-state index in [1.54, 1.807) is 19.1 Å². The Bertz CT molecular complexity index is 705. The van der Waals surface area contributed by atoms with Crippen LogP contribution in [0.1, 0.15) is 32.6 Å². The summed E-state index contributed by atoms with van der Waals surface area (Å²) in [6, 6.07) is 8.40. The third-order valence-electron chi connectivity index (χ3n) is 3.18. The second-order valence-electron chi connectivity index (χ2n) is 4.84. The predicted octanol–water partition coefficient (Wildman–Crippen LogP) is 5.32. The lowest BCUT2D eigenvalue weighted by molar-refractivity contribution is -0.137. The van der Waals surface area contributed by atoms with Crippen molar-refractivity contribution < 1.29 is 18.0 Å². The number of ketones is 1. The quantitative estimate of drug-likeness (QED) is 0.666. The lowest BCUT2D eigenvalue weighted by atomic mass is 9.96. The van der Waals surface area contributed by atoms with E-state index in [2.05, 4.69) is 15.9 Å². The maximum absolute atomic E-state index is 12.8. The number of carbonyl (C=O) groups is 1. The van der Waals surface area contributed by atoms with Crippen LogP contribution in [-0.2, 0) is 6.18 Å². The van der Waals surface area contributed by atoms with Gasteiger partial charge in [0.1, 0.15) is 0 Å². The number of alkyl halides is 3. The minimum atomic E-state index is -4.47. The van der Waals surface area contributed by atoms with E-state index in [1.807, 2.05) is 13.0 Å². The summed E-state index contributed by atoms with van der Waals surface area (Å²) >= 11 is 3.15. The van der Waals surface area contributed by atoms with Crippen LogP contribution in [0.25, 0.3) is 0 Å². The average molecular weight is 357 g/mol. The zero-order chi connectivity index (χ0) is 15.8. The Morgan fingerprint density at radius 2 is 1.67 bits per heavy atom. The molecule has 0 bridgehead atoms. The molecule has 0 spiro atoms. The molecule has 2 aromatic rings. The van der Waals surface area contributed by atoms with Gasteiger partial charge in [-0.1, -0.05) is 33.6 Å². The molecule has 0 radical (unpaired) electrons. The fraction of sp³-hybridized carbons (Fsp3) is 0.188. The van der Waals surface area contributed by atoms with Crippen LogP contribution in [0.2, 0.25) is 0 Å². The number of carbonyl (C=O) groups excluding carboxylic acids is 1. The maximum Gasteiger partial charge on any atom is 0.416 e. The molecule has 0 aliphatic heterocycles. The highest BCUT2D eigenvalue weighted by atomic mass is 79.9. The molecule has 0 saturated heterocycles. The van der Waals surface area contributed by atoms with Crippen molar-refractivity contribution in [1.82, 2.24) is 0 Å². The molecule has 0 amide bonds. The zero-order valence-electron chi connectivity index (χ0n) is 11.4. The van der Waals surface area contributed by atoms with Crippen molar-refractivity contribution in [3.05, 3.63) is 68.7 Å². The normalized spacial score (nSPS) is 11.5. The van der Waals surface area contributed by atoms with Gasteiger partial charge in [-0.2, -0.15) is 13.2 Å². The van der Waals surface area contributed by atoms with Gasteiger partial charge in [-0.3, -0.25) is 4.79 Å². The molecule has 2 aromatic carbocycles. The molecule has 2 rings (SSSR count). The van der Waals surface area contributed by atoms with Crippen molar-refractivity contribution in [3.8, 4) is 0 Å². The number of benzene rings is 2. The third kappa shape index (κ3) is 3.35. The van der Waals surface area contributed by atoms with Crippen LogP contribution in [0.3, 0.4) is 0 Å². The molecule has 0 N–H and O–H groups in total. The summed E-state index contributed by atoms with van der Waals surface area (Å²) in [6.07, 6.45) is -4.47. The Morgan fingerprint density at radius 3 is 2.29 bits per heavy atom. The van der Waals surface area contributed by atoms with E-state index in [9.17, 15) is 18.0 Å². The van der Waals surface area contributed by atoms with Crippen LogP contribution in [0.15, 0.2) is 40.9 Å². The van der Waals surface area contributed by atoms with Gasteiger partial charge in [0.15, 0.2) is 5.78 Å². The van der Waals surface area contributed by atoms with Gasteiger partial charge in [0.05, 0.1) is 5.56 Å². The minimum absolute atomic E-state index is 0.0125. The molecule has 0 aliphatic rings. The standard InChI is InChI=1S/C16H12BrF3O/c1-9-3-4-10(2)12(7-9)15(21)13-8-11(16(18,19)20)5-6-14(13)17/h3-8H,1-2H3. The molecule has 0 fully saturated rings. The number of hydrogen-bond donors (Lipinski definition) is 0. The summed E-state index contributed by atoms with van der Waals surface area (Å²) in [5, 5.41) is 0.